The normalized spacial score (nSPS) is 21.8. The van der Waals surface area contributed by atoms with Gasteiger partial charge < -0.3 is 50.5 Å². The number of hydrogen-bond acceptors (Lipinski definition) is 10. The second-order valence-corrected chi connectivity index (χ2v) is 17.5. The van der Waals surface area contributed by atoms with Gasteiger partial charge in [-0.05, 0) is 12.8 Å². The van der Waals surface area contributed by atoms with E-state index in [9.17, 15) is 40.5 Å². The van der Waals surface area contributed by atoms with Gasteiger partial charge in [0.05, 0.1) is 25.4 Å². The first-order valence-corrected chi connectivity index (χ1v) is 24.4. The third-order valence-corrected chi connectivity index (χ3v) is 12.2. The van der Waals surface area contributed by atoms with E-state index >= 15 is 0 Å². The van der Waals surface area contributed by atoms with Crippen LogP contribution in [0.5, 0.6) is 0 Å². The van der Waals surface area contributed by atoms with E-state index < -0.39 is 74.2 Å². The highest BCUT2D eigenvalue weighted by Crippen LogP contribution is 2.23. The van der Waals surface area contributed by atoms with Crippen molar-refractivity contribution in [1.82, 2.24) is 5.32 Å². The summed E-state index contributed by atoms with van der Waals surface area (Å²) in [5, 5.41) is 75.6. The van der Waals surface area contributed by atoms with Crippen molar-refractivity contribution in [1.29, 1.82) is 0 Å². The highest BCUT2D eigenvalue weighted by atomic mass is 16.7. The van der Waals surface area contributed by atoms with Crippen molar-refractivity contribution >= 4 is 5.91 Å². The summed E-state index contributed by atoms with van der Waals surface area (Å²) in [5.41, 5.74) is 0. The Labute approximate surface area is 354 Å². The van der Waals surface area contributed by atoms with E-state index in [-0.39, 0.29) is 6.42 Å². The van der Waals surface area contributed by atoms with E-state index in [1.54, 1.807) is 0 Å². The average Bonchev–Trinajstić information content (AvgIpc) is 3.22. The Bertz CT molecular complexity index is 913. The minimum Gasteiger partial charge on any atom is -0.394 e. The molecule has 9 unspecified atom stereocenters. The van der Waals surface area contributed by atoms with Crippen molar-refractivity contribution in [3.63, 3.8) is 0 Å². The number of unbranched alkanes of at least 4 members (excludes halogenated alkanes) is 29. The lowest BCUT2D eigenvalue weighted by atomic mass is 9.98. The lowest BCUT2D eigenvalue weighted by molar-refractivity contribution is -0.303. The molecule has 1 rings (SSSR count). The van der Waals surface area contributed by atoms with Gasteiger partial charge in [-0.15, -0.1) is 0 Å². The summed E-state index contributed by atoms with van der Waals surface area (Å²) in [6.45, 7) is 3.44. The molecule has 0 aromatic carbocycles. The molecule has 0 spiro atoms. The average molecular weight is 832 g/mol. The Morgan fingerprint density at radius 1 is 0.534 bits per heavy atom. The molecule has 1 amide bonds. The van der Waals surface area contributed by atoms with Gasteiger partial charge in [0.15, 0.2) is 6.29 Å². The molecule has 0 aliphatic carbocycles. The molecule has 0 saturated carbocycles. The summed E-state index contributed by atoms with van der Waals surface area (Å²) in [5.74, 6) is -0.696. The fourth-order valence-corrected chi connectivity index (χ4v) is 8.09. The van der Waals surface area contributed by atoms with Gasteiger partial charge in [-0.3, -0.25) is 4.79 Å². The Kier molecular flexibility index (Phi) is 36.0. The second-order valence-electron chi connectivity index (χ2n) is 17.5. The molecule has 1 heterocycles. The maximum Gasteiger partial charge on any atom is 0.249 e. The summed E-state index contributed by atoms with van der Waals surface area (Å²) in [6, 6.07) is -1.16. The highest BCUT2D eigenvalue weighted by molar-refractivity contribution is 5.80. The van der Waals surface area contributed by atoms with Crippen LogP contribution in [-0.4, -0.2) is 110 Å². The number of carbonyl (C=O) groups excluding carboxylic acids is 1. The standard InChI is InChI=1S/C47H93NO10/c1-3-5-7-9-11-13-15-16-17-18-19-20-21-22-23-24-25-27-28-30-32-34-39(50)42(52)38(37-57-47-45(55)44(54)43(53)41(36-49)58-47)48-46(56)40(51)35-33-31-29-26-14-12-10-8-6-4-2/h38-45,47,49-55H,3-37H2,1-2H3,(H,48,56). The summed E-state index contributed by atoms with van der Waals surface area (Å²) in [7, 11) is 0. The van der Waals surface area contributed by atoms with Crippen molar-refractivity contribution in [2.45, 2.75) is 281 Å². The van der Waals surface area contributed by atoms with E-state index in [0.717, 1.165) is 38.5 Å². The van der Waals surface area contributed by atoms with E-state index in [4.69, 9.17) is 9.47 Å². The van der Waals surface area contributed by atoms with Crippen LogP contribution in [0.4, 0.5) is 0 Å². The van der Waals surface area contributed by atoms with Crippen LogP contribution in [0.25, 0.3) is 0 Å². The molecule has 0 bridgehead atoms. The zero-order chi connectivity index (χ0) is 42.6. The maximum absolute atomic E-state index is 13.0. The number of amides is 1. The molecule has 0 radical (unpaired) electrons. The molecule has 1 saturated heterocycles. The molecule has 0 aromatic rings. The highest BCUT2D eigenvalue weighted by Gasteiger charge is 2.44. The largest absolute Gasteiger partial charge is 0.394 e. The Morgan fingerprint density at radius 3 is 1.28 bits per heavy atom. The molecule has 8 N–H and O–H groups in total. The van der Waals surface area contributed by atoms with Gasteiger partial charge >= 0.3 is 0 Å². The molecule has 9 atom stereocenters. The first-order chi connectivity index (χ1) is 28.2. The van der Waals surface area contributed by atoms with Gasteiger partial charge in [-0.2, -0.15) is 0 Å². The van der Waals surface area contributed by atoms with Gasteiger partial charge in [0.25, 0.3) is 0 Å². The van der Waals surface area contributed by atoms with Gasteiger partial charge in [0, 0.05) is 0 Å². The smallest absolute Gasteiger partial charge is 0.249 e. The molecule has 1 aliphatic rings. The first-order valence-electron chi connectivity index (χ1n) is 24.4. The van der Waals surface area contributed by atoms with E-state index in [2.05, 4.69) is 19.2 Å². The molecule has 58 heavy (non-hydrogen) atoms. The van der Waals surface area contributed by atoms with Gasteiger partial charge in [-0.1, -0.05) is 213 Å². The first kappa shape index (κ1) is 55.1. The van der Waals surface area contributed by atoms with Crippen LogP contribution in [-0.2, 0) is 14.3 Å². The van der Waals surface area contributed by atoms with Crippen LogP contribution in [0.15, 0.2) is 0 Å². The number of rotatable bonds is 41. The summed E-state index contributed by atoms with van der Waals surface area (Å²) >= 11 is 0. The molecule has 11 nitrogen and oxygen atoms in total. The van der Waals surface area contributed by atoms with Crippen LogP contribution in [0.3, 0.4) is 0 Å². The molecular weight excluding hydrogens is 739 g/mol. The van der Waals surface area contributed by atoms with Gasteiger partial charge in [0.2, 0.25) is 5.91 Å². The van der Waals surface area contributed by atoms with E-state index in [0.29, 0.717) is 19.3 Å². The van der Waals surface area contributed by atoms with Crippen LogP contribution >= 0.6 is 0 Å². The van der Waals surface area contributed by atoms with E-state index in [1.165, 1.54) is 148 Å². The lowest BCUT2D eigenvalue weighted by Gasteiger charge is -2.40. The number of aliphatic hydroxyl groups excluding tert-OH is 7. The predicted molar refractivity (Wildman–Crippen MR) is 233 cm³/mol. The zero-order valence-corrected chi connectivity index (χ0v) is 37.3. The Balaban J connectivity index is 2.36. The Hall–Kier alpha value is -0.890. The van der Waals surface area contributed by atoms with Crippen molar-refractivity contribution < 1.29 is 50.0 Å². The molecular formula is C47H93NO10. The number of nitrogens with one attached hydrogen (secondary N) is 1. The fraction of sp³-hybridized carbons (Fsp3) is 0.979. The van der Waals surface area contributed by atoms with Crippen LogP contribution in [0, 0.1) is 0 Å². The van der Waals surface area contributed by atoms with Crippen molar-refractivity contribution in [3.8, 4) is 0 Å². The third kappa shape index (κ3) is 27.1. The Morgan fingerprint density at radius 2 is 0.897 bits per heavy atom. The molecule has 1 fully saturated rings. The molecule has 11 heteroatoms. The molecule has 1 aliphatic heterocycles. The van der Waals surface area contributed by atoms with Crippen molar-refractivity contribution in [2.24, 2.45) is 0 Å². The topological polar surface area (TPSA) is 189 Å². The number of hydrogen-bond donors (Lipinski definition) is 8. The minimum atomic E-state index is -1.66. The van der Waals surface area contributed by atoms with E-state index in [1.807, 2.05) is 0 Å². The number of ether oxygens (including phenoxy) is 2. The minimum absolute atomic E-state index is 0.265. The maximum atomic E-state index is 13.0. The van der Waals surface area contributed by atoms with Crippen LogP contribution in [0.1, 0.15) is 226 Å². The van der Waals surface area contributed by atoms with Crippen molar-refractivity contribution in [3.05, 3.63) is 0 Å². The monoisotopic (exact) mass is 832 g/mol. The fourth-order valence-electron chi connectivity index (χ4n) is 8.09. The van der Waals surface area contributed by atoms with Gasteiger partial charge in [-0.25, -0.2) is 0 Å². The molecule has 0 aromatic heterocycles. The van der Waals surface area contributed by atoms with Crippen LogP contribution in [0.2, 0.25) is 0 Å². The summed E-state index contributed by atoms with van der Waals surface area (Å²) in [6.07, 6.45) is 27.3. The quantitative estimate of drug-likeness (QED) is 0.0279. The summed E-state index contributed by atoms with van der Waals surface area (Å²) < 4.78 is 11.1. The summed E-state index contributed by atoms with van der Waals surface area (Å²) in [4.78, 5) is 13.0. The zero-order valence-electron chi connectivity index (χ0n) is 37.3. The third-order valence-electron chi connectivity index (χ3n) is 12.2. The second kappa shape index (κ2) is 37.8. The number of carbonyl (C=O) groups is 1. The van der Waals surface area contributed by atoms with Crippen molar-refractivity contribution in [2.75, 3.05) is 13.2 Å². The van der Waals surface area contributed by atoms with Gasteiger partial charge in [0.1, 0.15) is 36.6 Å². The van der Waals surface area contributed by atoms with Crippen LogP contribution < -0.4 is 5.32 Å². The SMILES string of the molecule is CCCCCCCCCCCCCCCCCCCCCCCC(O)C(O)C(COC1OC(CO)C(O)C(O)C1O)NC(=O)C(O)CCCCCCCCCCCC. The molecule has 346 valence electrons. The number of aliphatic hydroxyl groups is 7. The predicted octanol–water partition coefficient (Wildman–Crippen LogP) is 8.28. The lowest BCUT2D eigenvalue weighted by Crippen LogP contribution is -2.60.